The number of aliphatic hydroxyl groups excluding tert-OH is 1. The molecule has 2 aromatic rings. The van der Waals surface area contributed by atoms with E-state index in [1.807, 2.05) is 30.3 Å². The van der Waals surface area contributed by atoms with E-state index < -0.39 is 30.9 Å². The Bertz CT molecular complexity index is 979. The molecule has 4 rings (SSSR count). The first-order valence-corrected chi connectivity index (χ1v) is 9.71. The van der Waals surface area contributed by atoms with Crippen LogP contribution < -0.4 is 19.7 Å². The normalized spacial score (nSPS) is 18.3. The maximum Gasteiger partial charge on any atom is 0.415 e. The van der Waals surface area contributed by atoms with Crippen molar-refractivity contribution in [1.29, 1.82) is 0 Å². The second-order valence-corrected chi connectivity index (χ2v) is 6.93. The van der Waals surface area contributed by atoms with Crippen LogP contribution in [0.25, 0.3) is 0 Å². The Kier molecular flexibility index (Phi) is 5.94. The molecule has 9 nitrogen and oxygen atoms in total. The Labute approximate surface area is 178 Å². The van der Waals surface area contributed by atoms with E-state index in [4.69, 9.17) is 18.9 Å². The Morgan fingerprint density at radius 3 is 2.65 bits per heavy atom. The van der Waals surface area contributed by atoms with Crippen LogP contribution in [0, 0.1) is 0 Å². The van der Waals surface area contributed by atoms with Crippen molar-refractivity contribution < 1.29 is 33.6 Å². The molecule has 0 aromatic heterocycles. The predicted molar refractivity (Wildman–Crippen MR) is 110 cm³/mol. The smallest absolute Gasteiger partial charge is 0.415 e. The highest BCUT2D eigenvalue weighted by atomic mass is 16.7. The van der Waals surface area contributed by atoms with Gasteiger partial charge in [-0.2, -0.15) is 0 Å². The van der Waals surface area contributed by atoms with Gasteiger partial charge in [-0.05, 0) is 11.6 Å². The summed E-state index contributed by atoms with van der Waals surface area (Å²) in [5.41, 5.74) is 1.86. The third-order valence-corrected chi connectivity index (χ3v) is 5.03. The average Bonchev–Trinajstić information content (AvgIpc) is 3.37. The fourth-order valence-electron chi connectivity index (χ4n) is 3.63. The number of nitrogens with zero attached hydrogens (tertiary/aromatic N) is 1. The number of aliphatic hydroxyl groups is 1. The minimum Gasteiger partial charge on any atom is -0.454 e. The predicted octanol–water partition coefficient (Wildman–Crippen LogP) is 2.89. The number of nitrogens with one attached hydrogen (secondary N) is 1. The lowest BCUT2D eigenvalue weighted by Gasteiger charge is -2.26. The van der Waals surface area contributed by atoms with Gasteiger partial charge in [0.15, 0.2) is 11.5 Å². The highest BCUT2D eigenvalue weighted by Crippen LogP contribution is 2.47. The average molecular weight is 426 g/mol. The van der Waals surface area contributed by atoms with Crippen LogP contribution in [-0.2, 0) is 16.1 Å². The standard InChI is InChI=1S/C22H22N2O7/c1-2-8-28-22(27)24-16-10-19-18(30-13-31-19)9-15(16)20(17(24)11-25)23-21(26)29-12-14-6-4-3-5-7-14/h2-7,9-10,17,20,25H,1,8,11-13H2,(H,23,26)/t17-,20+/m1/s1. The first kappa shape index (κ1) is 20.5. The Balaban J connectivity index is 1.58. The van der Waals surface area contributed by atoms with E-state index in [9.17, 15) is 14.7 Å². The second kappa shape index (κ2) is 8.97. The van der Waals surface area contributed by atoms with Crippen molar-refractivity contribution in [2.75, 3.05) is 24.9 Å². The summed E-state index contributed by atoms with van der Waals surface area (Å²) in [5.74, 6) is 0.950. The van der Waals surface area contributed by atoms with Crippen LogP contribution in [0.1, 0.15) is 17.2 Å². The fourth-order valence-corrected chi connectivity index (χ4v) is 3.63. The maximum atomic E-state index is 12.7. The number of carbonyl (C=O) groups is 2. The molecular weight excluding hydrogens is 404 g/mol. The van der Waals surface area contributed by atoms with E-state index in [-0.39, 0.29) is 20.0 Å². The summed E-state index contributed by atoms with van der Waals surface area (Å²) in [6, 6.07) is 11.0. The lowest BCUT2D eigenvalue weighted by atomic mass is 10.0. The van der Waals surface area contributed by atoms with E-state index in [0.717, 1.165) is 5.56 Å². The van der Waals surface area contributed by atoms with Crippen LogP contribution in [0.15, 0.2) is 55.1 Å². The summed E-state index contributed by atoms with van der Waals surface area (Å²) in [5, 5.41) is 12.8. The summed E-state index contributed by atoms with van der Waals surface area (Å²) in [6.07, 6.45) is 0.0809. The highest BCUT2D eigenvalue weighted by Gasteiger charge is 2.44. The minimum atomic E-state index is -0.806. The van der Waals surface area contributed by atoms with Crippen molar-refractivity contribution in [2.45, 2.75) is 18.7 Å². The molecule has 2 atom stereocenters. The van der Waals surface area contributed by atoms with E-state index >= 15 is 0 Å². The van der Waals surface area contributed by atoms with Gasteiger partial charge in [0.05, 0.1) is 24.4 Å². The molecule has 2 heterocycles. The first-order valence-electron chi connectivity index (χ1n) is 9.71. The molecule has 2 aromatic carbocycles. The van der Waals surface area contributed by atoms with Crippen molar-refractivity contribution in [3.05, 3.63) is 66.2 Å². The molecule has 2 amide bonds. The van der Waals surface area contributed by atoms with Gasteiger partial charge in [-0.25, -0.2) is 9.59 Å². The van der Waals surface area contributed by atoms with Crippen LogP contribution in [-0.4, -0.2) is 43.3 Å². The number of amides is 2. The lowest BCUT2D eigenvalue weighted by Crippen LogP contribution is -2.46. The van der Waals surface area contributed by atoms with Crippen LogP contribution in [0.3, 0.4) is 0 Å². The second-order valence-electron chi connectivity index (χ2n) is 6.93. The zero-order valence-electron chi connectivity index (χ0n) is 16.7. The summed E-state index contributed by atoms with van der Waals surface area (Å²) >= 11 is 0. The van der Waals surface area contributed by atoms with E-state index in [1.54, 1.807) is 12.1 Å². The van der Waals surface area contributed by atoms with Crippen molar-refractivity contribution >= 4 is 17.9 Å². The topological polar surface area (TPSA) is 107 Å². The number of carbonyl (C=O) groups excluding carboxylic acids is 2. The Morgan fingerprint density at radius 1 is 1.19 bits per heavy atom. The van der Waals surface area contributed by atoms with Crippen LogP contribution >= 0.6 is 0 Å². The number of fused-ring (bicyclic) bond motifs is 2. The molecule has 9 heteroatoms. The van der Waals surface area contributed by atoms with Gasteiger partial charge in [0.2, 0.25) is 6.79 Å². The molecule has 0 radical (unpaired) electrons. The minimum absolute atomic E-state index is 0.00454. The van der Waals surface area contributed by atoms with Gasteiger partial charge in [0.1, 0.15) is 13.2 Å². The van der Waals surface area contributed by atoms with Crippen molar-refractivity contribution in [2.24, 2.45) is 0 Å². The molecule has 0 aliphatic carbocycles. The summed E-state index contributed by atoms with van der Waals surface area (Å²) in [4.78, 5) is 26.5. The number of hydrogen-bond acceptors (Lipinski definition) is 7. The largest absolute Gasteiger partial charge is 0.454 e. The van der Waals surface area contributed by atoms with E-state index in [0.29, 0.717) is 22.7 Å². The highest BCUT2D eigenvalue weighted by molar-refractivity contribution is 5.93. The molecule has 0 spiro atoms. The zero-order valence-corrected chi connectivity index (χ0v) is 16.7. The molecule has 0 saturated carbocycles. The quantitative estimate of drug-likeness (QED) is 0.684. The monoisotopic (exact) mass is 426 g/mol. The Morgan fingerprint density at radius 2 is 1.94 bits per heavy atom. The van der Waals surface area contributed by atoms with Crippen molar-refractivity contribution in [1.82, 2.24) is 5.32 Å². The van der Waals surface area contributed by atoms with Gasteiger partial charge >= 0.3 is 12.2 Å². The fraction of sp³-hybridized carbons (Fsp3) is 0.273. The van der Waals surface area contributed by atoms with Crippen LogP contribution in [0.4, 0.5) is 15.3 Å². The van der Waals surface area contributed by atoms with Crippen molar-refractivity contribution in [3.8, 4) is 11.5 Å². The summed E-state index contributed by atoms with van der Waals surface area (Å²) in [7, 11) is 0. The molecule has 31 heavy (non-hydrogen) atoms. The Hall–Kier alpha value is -3.72. The summed E-state index contributed by atoms with van der Waals surface area (Å²) < 4.78 is 21.3. The molecule has 0 fully saturated rings. The number of rotatable bonds is 6. The molecule has 2 N–H and O–H groups in total. The van der Waals surface area contributed by atoms with Gasteiger partial charge in [-0.1, -0.05) is 43.0 Å². The first-order chi connectivity index (χ1) is 15.1. The molecule has 0 saturated heterocycles. The van der Waals surface area contributed by atoms with Gasteiger partial charge in [-0.15, -0.1) is 0 Å². The molecule has 2 aliphatic heterocycles. The molecular formula is C22H22N2O7. The molecule has 162 valence electrons. The SMILES string of the molecule is C=CCOC(=O)N1c2cc3c(cc2[C@H](NC(=O)OCc2ccccc2)[C@H]1CO)OCO3. The van der Waals surface area contributed by atoms with Gasteiger partial charge in [0, 0.05) is 11.6 Å². The molecule has 0 bridgehead atoms. The summed E-state index contributed by atoms with van der Waals surface area (Å²) in [6.45, 7) is 3.26. The number of ether oxygens (including phenoxy) is 4. The third kappa shape index (κ3) is 4.13. The third-order valence-electron chi connectivity index (χ3n) is 5.03. The zero-order chi connectivity index (χ0) is 21.8. The van der Waals surface area contributed by atoms with Gasteiger partial charge in [-0.3, -0.25) is 4.90 Å². The number of benzene rings is 2. The lowest BCUT2D eigenvalue weighted by molar-refractivity contribution is 0.129. The number of hydrogen-bond donors (Lipinski definition) is 2. The van der Waals surface area contributed by atoms with Gasteiger partial charge < -0.3 is 29.4 Å². The van der Waals surface area contributed by atoms with E-state index in [2.05, 4.69) is 11.9 Å². The van der Waals surface area contributed by atoms with E-state index in [1.165, 1.54) is 11.0 Å². The maximum absolute atomic E-state index is 12.7. The van der Waals surface area contributed by atoms with Crippen LogP contribution in [0.2, 0.25) is 0 Å². The molecule has 0 unspecified atom stereocenters. The van der Waals surface area contributed by atoms with Crippen LogP contribution in [0.5, 0.6) is 11.5 Å². The van der Waals surface area contributed by atoms with Gasteiger partial charge in [0.25, 0.3) is 0 Å². The number of anilines is 1. The molecule has 2 aliphatic rings. The number of alkyl carbamates (subject to hydrolysis) is 1. The van der Waals surface area contributed by atoms with Crippen molar-refractivity contribution in [3.63, 3.8) is 0 Å².